The molecule has 0 amide bonds. The van der Waals surface area contributed by atoms with Gasteiger partial charge in [0.2, 0.25) is 5.90 Å². The predicted octanol–water partition coefficient (Wildman–Crippen LogP) is 3.97. The zero-order chi connectivity index (χ0) is 14.2. The average Bonchev–Trinajstić information content (AvgIpc) is 2.68. The molecule has 1 aromatic carbocycles. The molecule has 0 unspecified atom stereocenters. The van der Waals surface area contributed by atoms with Crippen molar-refractivity contribution in [1.29, 1.82) is 0 Å². The third-order valence-corrected chi connectivity index (χ3v) is 3.54. The smallest absolute Gasteiger partial charge is 0.225 e. The van der Waals surface area contributed by atoms with Gasteiger partial charge in [0.25, 0.3) is 0 Å². The number of fused-ring (bicyclic) bond motifs is 4. The standard InChI is InChI=1S/C17H13N3O/c1-21-17-15-11-7-3-2-4-8-12(11)18-16(15)19-13-9-5-6-10-14(13)20-17/h2-10H,1H3,(H,18,19). The number of hydrogen-bond acceptors (Lipinski definition) is 4. The number of rotatable bonds is 0. The lowest BCUT2D eigenvalue weighted by atomic mass is 10.1. The first-order chi connectivity index (χ1) is 10.4. The number of ether oxygens (including phenoxy) is 1. The maximum atomic E-state index is 5.52. The summed E-state index contributed by atoms with van der Waals surface area (Å²) < 4.78 is 5.52. The Kier molecular flexibility index (Phi) is 2.60. The van der Waals surface area contributed by atoms with Crippen LogP contribution in [0.2, 0.25) is 0 Å². The van der Waals surface area contributed by atoms with Crippen molar-refractivity contribution in [3.05, 3.63) is 60.2 Å². The van der Waals surface area contributed by atoms with Crippen molar-refractivity contribution in [2.24, 2.45) is 4.99 Å². The fourth-order valence-corrected chi connectivity index (χ4v) is 2.57. The summed E-state index contributed by atoms with van der Waals surface area (Å²) in [5, 5.41) is 3.36. The van der Waals surface area contributed by atoms with Gasteiger partial charge in [-0.05, 0) is 18.2 Å². The number of hydrogen-bond donors (Lipinski definition) is 1. The van der Waals surface area contributed by atoms with E-state index in [-0.39, 0.29) is 0 Å². The molecule has 0 spiro atoms. The van der Waals surface area contributed by atoms with Crippen LogP contribution >= 0.6 is 0 Å². The molecular weight excluding hydrogens is 262 g/mol. The monoisotopic (exact) mass is 275 g/mol. The largest absolute Gasteiger partial charge is 0.480 e. The molecule has 102 valence electrons. The third kappa shape index (κ3) is 1.84. The first kappa shape index (κ1) is 11.9. The molecule has 4 heteroatoms. The lowest BCUT2D eigenvalue weighted by molar-refractivity contribution is 0.405. The van der Waals surface area contributed by atoms with Gasteiger partial charge in [-0.15, -0.1) is 0 Å². The molecule has 0 aromatic heterocycles. The Bertz CT molecular complexity index is 826. The summed E-state index contributed by atoms with van der Waals surface area (Å²) in [4.78, 5) is 9.31. The van der Waals surface area contributed by atoms with E-state index in [1.54, 1.807) is 7.11 Å². The normalized spacial score (nSPS) is 12.7. The molecule has 4 nitrogen and oxygen atoms in total. The Morgan fingerprint density at radius 3 is 2.67 bits per heavy atom. The number of aliphatic imine (C=N–C) groups is 1. The molecule has 1 aromatic rings. The number of methoxy groups -OCH3 is 1. The zero-order valence-electron chi connectivity index (χ0n) is 11.5. The molecule has 0 saturated heterocycles. The van der Waals surface area contributed by atoms with E-state index >= 15 is 0 Å². The molecule has 4 rings (SSSR count). The van der Waals surface area contributed by atoms with Gasteiger partial charge in [0, 0.05) is 5.56 Å². The molecule has 1 aliphatic carbocycles. The van der Waals surface area contributed by atoms with E-state index in [9.17, 15) is 0 Å². The topological polar surface area (TPSA) is 46.5 Å². The summed E-state index contributed by atoms with van der Waals surface area (Å²) >= 11 is 0. The molecule has 0 fully saturated rings. The molecule has 1 N–H and O–H groups in total. The second-order valence-corrected chi connectivity index (χ2v) is 4.81. The highest BCUT2D eigenvalue weighted by atomic mass is 16.5. The maximum absolute atomic E-state index is 5.52. The van der Waals surface area contributed by atoms with Crippen LogP contribution in [0.25, 0.3) is 11.3 Å². The fourth-order valence-electron chi connectivity index (χ4n) is 2.57. The molecule has 0 atom stereocenters. The first-order valence-electron chi connectivity index (χ1n) is 6.74. The Hall–Kier alpha value is -2.88. The van der Waals surface area contributed by atoms with Gasteiger partial charge in [-0.25, -0.2) is 9.98 Å². The quantitative estimate of drug-likeness (QED) is 0.675. The number of para-hydroxylation sites is 2. The SMILES string of the molecule is COC1=Nc2ccccc2Nc2nc3cccccc-3c21. The van der Waals surface area contributed by atoms with Crippen LogP contribution in [0.3, 0.4) is 0 Å². The lowest BCUT2D eigenvalue weighted by Crippen LogP contribution is -2.03. The van der Waals surface area contributed by atoms with Crippen molar-refractivity contribution in [3.8, 4) is 11.3 Å². The van der Waals surface area contributed by atoms with Crippen molar-refractivity contribution in [2.75, 3.05) is 12.4 Å². The van der Waals surface area contributed by atoms with Gasteiger partial charge in [-0.3, -0.25) is 0 Å². The van der Waals surface area contributed by atoms with Crippen LogP contribution in [-0.4, -0.2) is 18.0 Å². The van der Waals surface area contributed by atoms with E-state index in [1.807, 2.05) is 54.6 Å². The van der Waals surface area contributed by atoms with E-state index in [4.69, 9.17) is 4.74 Å². The minimum absolute atomic E-state index is 0.580. The van der Waals surface area contributed by atoms with Crippen LogP contribution in [0.4, 0.5) is 17.2 Å². The molecule has 0 bridgehead atoms. The van der Waals surface area contributed by atoms with Gasteiger partial charge in [0.1, 0.15) is 5.82 Å². The summed E-state index contributed by atoms with van der Waals surface area (Å²) in [5.74, 6) is 1.36. The highest BCUT2D eigenvalue weighted by Crippen LogP contribution is 2.39. The molecular formula is C17H13N3O. The van der Waals surface area contributed by atoms with Crippen molar-refractivity contribution in [3.63, 3.8) is 0 Å². The van der Waals surface area contributed by atoms with Gasteiger partial charge in [0.15, 0.2) is 0 Å². The lowest BCUT2D eigenvalue weighted by Gasteiger charge is -2.04. The van der Waals surface area contributed by atoms with E-state index in [2.05, 4.69) is 15.3 Å². The molecule has 21 heavy (non-hydrogen) atoms. The second-order valence-electron chi connectivity index (χ2n) is 4.81. The maximum Gasteiger partial charge on any atom is 0.225 e. The summed E-state index contributed by atoms with van der Waals surface area (Å²) in [6.45, 7) is 0. The van der Waals surface area contributed by atoms with Crippen LogP contribution in [0.15, 0.2) is 59.6 Å². The molecule has 2 heterocycles. The highest BCUT2D eigenvalue weighted by Gasteiger charge is 2.25. The zero-order valence-corrected chi connectivity index (χ0v) is 11.5. The number of anilines is 2. The van der Waals surface area contributed by atoms with E-state index in [1.165, 1.54) is 0 Å². The Morgan fingerprint density at radius 1 is 0.952 bits per heavy atom. The third-order valence-electron chi connectivity index (χ3n) is 3.54. The molecule has 2 aliphatic heterocycles. The summed E-state index contributed by atoms with van der Waals surface area (Å²) in [7, 11) is 1.64. The average molecular weight is 275 g/mol. The van der Waals surface area contributed by atoms with Crippen molar-refractivity contribution >= 4 is 23.1 Å². The summed E-state index contributed by atoms with van der Waals surface area (Å²) in [5.41, 5.74) is 4.62. The first-order valence-corrected chi connectivity index (χ1v) is 6.74. The van der Waals surface area contributed by atoms with Crippen LogP contribution in [0.5, 0.6) is 0 Å². The molecule has 0 radical (unpaired) electrons. The van der Waals surface area contributed by atoms with Crippen molar-refractivity contribution < 1.29 is 4.74 Å². The number of benzene rings is 1. The minimum Gasteiger partial charge on any atom is -0.480 e. The van der Waals surface area contributed by atoms with Crippen molar-refractivity contribution in [1.82, 2.24) is 4.98 Å². The van der Waals surface area contributed by atoms with Gasteiger partial charge < -0.3 is 10.1 Å². The Morgan fingerprint density at radius 2 is 1.76 bits per heavy atom. The summed E-state index contributed by atoms with van der Waals surface area (Å²) in [6, 6.07) is 17.9. The predicted molar refractivity (Wildman–Crippen MR) is 83.8 cm³/mol. The highest BCUT2D eigenvalue weighted by molar-refractivity contribution is 6.09. The molecule has 0 saturated carbocycles. The number of nitrogens with zero attached hydrogens (tertiary/aromatic N) is 2. The van der Waals surface area contributed by atoms with Crippen molar-refractivity contribution in [2.45, 2.75) is 0 Å². The fraction of sp³-hybridized carbons (Fsp3) is 0.0588. The van der Waals surface area contributed by atoms with E-state index in [0.29, 0.717) is 5.90 Å². The molecule has 3 aliphatic rings. The van der Waals surface area contributed by atoms with Gasteiger partial charge in [-0.1, -0.05) is 36.4 Å². The number of aromatic nitrogens is 1. The van der Waals surface area contributed by atoms with Crippen LogP contribution < -0.4 is 5.32 Å². The second kappa shape index (κ2) is 4.59. The van der Waals surface area contributed by atoms with E-state index < -0.39 is 0 Å². The van der Waals surface area contributed by atoms with E-state index in [0.717, 1.165) is 34.0 Å². The Balaban J connectivity index is 2.03. The van der Waals surface area contributed by atoms with Crippen LogP contribution in [-0.2, 0) is 4.74 Å². The Labute approximate surface area is 122 Å². The van der Waals surface area contributed by atoms with Crippen LogP contribution in [0, 0.1) is 0 Å². The summed E-state index contributed by atoms with van der Waals surface area (Å²) in [6.07, 6.45) is 0. The van der Waals surface area contributed by atoms with Gasteiger partial charge in [0.05, 0.1) is 29.7 Å². The van der Waals surface area contributed by atoms with Crippen LogP contribution in [0.1, 0.15) is 5.56 Å². The minimum atomic E-state index is 0.580. The van der Waals surface area contributed by atoms with Gasteiger partial charge in [-0.2, -0.15) is 0 Å². The number of nitrogens with one attached hydrogen (secondary N) is 1. The van der Waals surface area contributed by atoms with Gasteiger partial charge >= 0.3 is 0 Å².